The molecule has 130 valence electrons. The predicted molar refractivity (Wildman–Crippen MR) is 80.4 cm³/mol. The van der Waals surface area contributed by atoms with Crippen LogP contribution in [0.1, 0.15) is 24.8 Å². The van der Waals surface area contributed by atoms with E-state index in [-0.39, 0.29) is 6.42 Å². The van der Waals surface area contributed by atoms with E-state index in [2.05, 4.69) is 0 Å². The fraction of sp³-hybridized carbons (Fsp3) is 0.471. The fourth-order valence-corrected chi connectivity index (χ4v) is 3.35. The number of benzene rings is 1. The van der Waals surface area contributed by atoms with E-state index in [4.69, 9.17) is 9.47 Å². The van der Waals surface area contributed by atoms with E-state index in [1.165, 1.54) is 19.1 Å². The summed E-state index contributed by atoms with van der Waals surface area (Å²) in [6, 6.07) is 5.07. The summed E-state index contributed by atoms with van der Waals surface area (Å²) in [5.74, 6) is -6.06. The molecule has 0 saturated heterocycles. The first kappa shape index (κ1) is 18.1. The summed E-state index contributed by atoms with van der Waals surface area (Å²) in [6.07, 6.45) is -0.385. The zero-order valence-electron chi connectivity index (χ0n) is 13.6. The Morgan fingerprint density at radius 2 is 1.71 bits per heavy atom. The van der Waals surface area contributed by atoms with E-state index in [1.807, 2.05) is 0 Å². The number of rotatable bonds is 3. The Kier molecular flexibility index (Phi) is 5.03. The standard InChI is InChI=1S/C17H19FO6/c1-17(22)8-11(19)13(15(20)23-2)12(14(17)16(21)24-3)9-4-6-10(18)7-5-9/h4-7,12-14,22H,8H2,1-3H3/t12-,13+,14-,17-/m1/s1. The zero-order valence-corrected chi connectivity index (χ0v) is 13.6. The minimum Gasteiger partial charge on any atom is -0.469 e. The lowest BCUT2D eigenvalue weighted by Gasteiger charge is -2.43. The quantitative estimate of drug-likeness (QED) is 0.658. The number of hydrogen-bond acceptors (Lipinski definition) is 6. The second-order valence-electron chi connectivity index (χ2n) is 6.08. The lowest BCUT2D eigenvalue weighted by molar-refractivity contribution is -0.170. The van der Waals surface area contributed by atoms with Crippen molar-refractivity contribution < 1.29 is 33.4 Å². The summed E-state index contributed by atoms with van der Waals surface area (Å²) in [7, 11) is 2.29. The maximum atomic E-state index is 13.2. The average Bonchev–Trinajstić information content (AvgIpc) is 2.53. The van der Waals surface area contributed by atoms with Crippen molar-refractivity contribution in [2.24, 2.45) is 11.8 Å². The first-order chi connectivity index (χ1) is 11.2. The Bertz CT molecular complexity index is 652. The highest BCUT2D eigenvalue weighted by atomic mass is 19.1. The van der Waals surface area contributed by atoms with Crippen molar-refractivity contribution in [3.05, 3.63) is 35.6 Å². The first-order valence-electron chi connectivity index (χ1n) is 7.39. The van der Waals surface area contributed by atoms with Crippen molar-refractivity contribution >= 4 is 17.7 Å². The van der Waals surface area contributed by atoms with Crippen LogP contribution >= 0.6 is 0 Å². The van der Waals surface area contributed by atoms with Crippen LogP contribution in [0.5, 0.6) is 0 Å². The molecule has 1 saturated carbocycles. The topological polar surface area (TPSA) is 89.9 Å². The van der Waals surface area contributed by atoms with Gasteiger partial charge in [0.05, 0.1) is 25.7 Å². The highest BCUT2D eigenvalue weighted by molar-refractivity contribution is 6.02. The van der Waals surface area contributed by atoms with E-state index >= 15 is 0 Å². The van der Waals surface area contributed by atoms with Crippen LogP contribution in [-0.4, -0.2) is 42.6 Å². The van der Waals surface area contributed by atoms with Gasteiger partial charge in [-0.2, -0.15) is 0 Å². The molecule has 1 fully saturated rings. The Morgan fingerprint density at radius 3 is 2.21 bits per heavy atom. The van der Waals surface area contributed by atoms with E-state index < -0.39 is 46.9 Å². The van der Waals surface area contributed by atoms with Gasteiger partial charge in [0, 0.05) is 12.3 Å². The molecule has 24 heavy (non-hydrogen) atoms. The van der Waals surface area contributed by atoms with Crippen LogP contribution in [0.2, 0.25) is 0 Å². The molecule has 0 amide bonds. The number of ketones is 1. The third kappa shape index (κ3) is 3.17. The number of carbonyl (C=O) groups excluding carboxylic acids is 3. The normalized spacial score (nSPS) is 29.9. The van der Waals surface area contributed by atoms with Crippen LogP contribution in [0, 0.1) is 17.7 Å². The van der Waals surface area contributed by atoms with Gasteiger partial charge in [-0.05, 0) is 24.6 Å². The van der Waals surface area contributed by atoms with E-state index in [9.17, 15) is 23.9 Å². The maximum absolute atomic E-state index is 13.2. The van der Waals surface area contributed by atoms with Crippen molar-refractivity contribution in [3.63, 3.8) is 0 Å². The van der Waals surface area contributed by atoms with Gasteiger partial charge in [0.1, 0.15) is 11.7 Å². The second kappa shape index (κ2) is 6.68. The van der Waals surface area contributed by atoms with Gasteiger partial charge < -0.3 is 14.6 Å². The Morgan fingerprint density at radius 1 is 1.17 bits per heavy atom. The molecule has 0 radical (unpaired) electrons. The third-order valence-electron chi connectivity index (χ3n) is 4.43. The Labute approximate surface area is 138 Å². The van der Waals surface area contributed by atoms with Crippen LogP contribution < -0.4 is 0 Å². The van der Waals surface area contributed by atoms with Gasteiger partial charge in [-0.3, -0.25) is 14.4 Å². The van der Waals surface area contributed by atoms with Crippen molar-refractivity contribution in [3.8, 4) is 0 Å². The summed E-state index contributed by atoms with van der Waals surface area (Å²) >= 11 is 0. The lowest BCUT2D eigenvalue weighted by atomic mass is 9.62. The van der Waals surface area contributed by atoms with Crippen molar-refractivity contribution in [1.82, 2.24) is 0 Å². The molecule has 1 N–H and O–H groups in total. The molecule has 0 aliphatic heterocycles. The predicted octanol–water partition coefficient (Wildman–Crippen LogP) is 1.21. The van der Waals surface area contributed by atoms with Crippen LogP contribution in [-0.2, 0) is 23.9 Å². The molecule has 0 spiro atoms. The molecule has 4 atom stereocenters. The number of methoxy groups -OCH3 is 2. The van der Waals surface area contributed by atoms with Crippen LogP contribution in [0.25, 0.3) is 0 Å². The van der Waals surface area contributed by atoms with Gasteiger partial charge in [0.2, 0.25) is 0 Å². The van der Waals surface area contributed by atoms with Gasteiger partial charge in [-0.1, -0.05) is 12.1 Å². The minimum absolute atomic E-state index is 0.371. The van der Waals surface area contributed by atoms with Gasteiger partial charge >= 0.3 is 11.9 Å². The molecule has 0 unspecified atom stereocenters. The van der Waals surface area contributed by atoms with Gasteiger partial charge in [0.15, 0.2) is 5.78 Å². The van der Waals surface area contributed by atoms with Crippen LogP contribution in [0.15, 0.2) is 24.3 Å². The molecule has 1 aromatic carbocycles. The number of hydrogen-bond donors (Lipinski definition) is 1. The molecule has 0 bridgehead atoms. The van der Waals surface area contributed by atoms with Crippen LogP contribution in [0.3, 0.4) is 0 Å². The SMILES string of the molecule is COC(=O)[C@H]1C(=O)C[C@@](C)(O)[C@@H](C(=O)OC)[C@@H]1c1ccc(F)cc1. The summed E-state index contributed by atoms with van der Waals surface area (Å²) in [5.41, 5.74) is -1.33. The van der Waals surface area contributed by atoms with E-state index in [0.29, 0.717) is 5.56 Å². The van der Waals surface area contributed by atoms with E-state index in [1.54, 1.807) is 0 Å². The first-order valence-corrected chi connectivity index (χ1v) is 7.39. The Balaban J connectivity index is 2.63. The molecule has 6 nitrogen and oxygen atoms in total. The monoisotopic (exact) mass is 338 g/mol. The fourth-order valence-electron chi connectivity index (χ4n) is 3.35. The molecule has 1 aromatic rings. The van der Waals surface area contributed by atoms with Gasteiger partial charge in [0.25, 0.3) is 0 Å². The Hall–Kier alpha value is -2.28. The molecule has 2 rings (SSSR count). The van der Waals surface area contributed by atoms with Crippen molar-refractivity contribution in [2.75, 3.05) is 14.2 Å². The maximum Gasteiger partial charge on any atom is 0.316 e. The number of Topliss-reactive ketones (excluding diaryl/α,β-unsaturated/α-hetero) is 1. The summed E-state index contributed by atoms with van der Waals surface area (Å²) in [5, 5.41) is 10.6. The molecule has 1 aliphatic rings. The van der Waals surface area contributed by atoms with Crippen LogP contribution in [0.4, 0.5) is 4.39 Å². The summed E-state index contributed by atoms with van der Waals surface area (Å²) in [6.45, 7) is 1.34. The average molecular weight is 338 g/mol. The number of ether oxygens (including phenoxy) is 2. The number of halogens is 1. The third-order valence-corrected chi connectivity index (χ3v) is 4.43. The number of aliphatic hydroxyl groups is 1. The molecule has 7 heteroatoms. The molecule has 1 aliphatic carbocycles. The summed E-state index contributed by atoms with van der Waals surface area (Å²) < 4.78 is 22.7. The lowest BCUT2D eigenvalue weighted by Crippen LogP contribution is -2.55. The molecular weight excluding hydrogens is 319 g/mol. The van der Waals surface area contributed by atoms with Crippen molar-refractivity contribution in [2.45, 2.75) is 24.9 Å². The van der Waals surface area contributed by atoms with Crippen molar-refractivity contribution in [1.29, 1.82) is 0 Å². The smallest absolute Gasteiger partial charge is 0.316 e. The minimum atomic E-state index is -1.70. The van der Waals surface area contributed by atoms with E-state index in [0.717, 1.165) is 26.4 Å². The highest BCUT2D eigenvalue weighted by Crippen LogP contribution is 2.46. The highest BCUT2D eigenvalue weighted by Gasteiger charge is 2.56. The zero-order chi connectivity index (χ0) is 18.1. The molecule has 0 aromatic heterocycles. The van der Waals surface area contributed by atoms with Gasteiger partial charge in [-0.25, -0.2) is 4.39 Å². The molecular formula is C17H19FO6. The van der Waals surface area contributed by atoms with Gasteiger partial charge in [-0.15, -0.1) is 0 Å². The number of carbonyl (C=O) groups is 3. The summed E-state index contributed by atoms with van der Waals surface area (Å²) in [4.78, 5) is 36.9. The second-order valence-corrected chi connectivity index (χ2v) is 6.08. The molecule has 0 heterocycles. The number of esters is 2. The largest absolute Gasteiger partial charge is 0.469 e.